The van der Waals surface area contributed by atoms with Crippen LogP contribution in [-0.2, 0) is 4.79 Å². The maximum absolute atomic E-state index is 12.2. The Morgan fingerprint density at radius 2 is 2.00 bits per heavy atom. The summed E-state index contributed by atoms with van der Waals surface area (Å²) in [5.74, 6) is 1.47. The summed E-state index contributed by atoms with van der Waals surface area (Å²) in [7, 11) is 0. The number of carbonyl (C=O) groups is 1. The summed E-state index contributed by atoms with van der Waals surface area (Å²) in [6.07, 6.45) is 2.23. The molecule has 2 aliphatic heterocycles. The van der Waals surface area contributed by atoms with Gasteiger partial charge in [-0.3, -0.25) is 9.69 Å². The molecule has 0 radical (unpaired) electrons. The molecule has 18 heavy (non-hydrogen) atoms. The van der Waals surface area contributed by atoms with E-state index in [2.05, 4.69) is 4.90 Å². The molecule has 0 aliphatic carbocycles. The summed E-state index contributed by atoms with van der Waals surface area (Å²) in [5.41, 5.74) is -0.645. The van der Waals surface area contributed by atoms with Gasteiger partial charge in [0.2, 0.25) is 5.91 Å². The summed E-state index contributed by atoms with van der Waals surface area (Å²) >= 11 is 1.81. The van der Waals surface area contributed by atoms with Crippen LogP contribution in [-0.4, -0.2) is 70.1 Å². The first-order valence-corrected chi connectivity index (χ1v) is 7.86. The number of carbonyl (C=O) groups excluding carboxylic acids is 1. The summed E-state index contributed by atoms with van der Waals surface area (Å²) in [6, 6.07) is 0. The highest BCUT2D eigenvalue weighted by Gasteiger charge is 2.30. The van der Waals surface area contributed by atoms with Gasteiger partial charge in [0.15, 0.2) is 0 Å². The first kappa shape index (κ1) is 14.2. The van der Waals surface area contributed by atoms with Crippen molar-refractivity contribution in [3.05, 3.63) is 0 Å². The lowest BCUT2D eigenvalue weighted by Crippen LogP contribution is -2.53. The van der Waals surface area contributed by atoms with E-state index in [1.165, 1.54) is 6.42 Å². The molecule has 5 heteroatoms. The fourth-order valence-corrected chi connectivity index (χ4v) is 3.89. The van der Waals surface area contributed by atoms with Crippen LogP contribution in [0.25, 0.3) is 0 Å². The first-order valence-electron chi connectivity index (χ1n) is 6.81. The van der Waals surface area contributed by atoms with Crippen LogP contribution in [0.15, 0.2) is 0 Å². The summed E-state index contributed by atoms with van der Waals surface area (Å²) in [6.45, 7) is 7.74. The molecule has 0 bridgehead atoms. The van der Waals surface area contributed by atoms with Crippen molar-refractivity contribution in [2.24, 2.45) is 0 Å². The monoisotopic (exact) mass is 272 g/mol. The predicted octanol–water partition coefficient (Wildman–Crippen LogP) is 0.797. The third-order valence-corrected chi connectivity index (χ3v) is 4.86. The van der Waals surface area contributed by atoms with Gasteiger partial charge in [-0.2, -0.15) is 0 Å². The van der Waals surface area contributed by atoms with E-state index in [0.29, 0.717) is 12.5 Å². The van der Waals surface area contributed by atoms with Crippen molar-refractivity contribution in [2.75, 3.05) is 38.5 Å². The Morgan fingerprint density at radius 1 is 1.33 bits per heavy atom. The van der Waals surface area contributed by atoms with Gasteiger partial charge in [0.1, 0.15) is 0 Å². The van der Waals surface area contributed by atoms with Gasteiger partial charge in [-0.25, -0.2) is 0 Å². The van der Waals surface area contributed by atoms with Crippen molar-refractivity contribution in [3.63, 3.8) is 0 Å². The molecule has 1 unspecified atom stereocenters. The van der Waals surface area contributed by atoms with Gasteiger partial charge in [0.05, 0.1) is 10.9 Å². The molecule has 2 saturated heterocycles. The average molecular weight is 272 g/mol. The molecule has 1 N–H and O–H groups in total. The zero-order valence-electron chi connectivity index (χ0n) is 11.4. The van der Waals surface area contributed by atoms with Crippen molar-refractivity contribution in [2.45, 2.75) is 37.5 Å². The minimum Gasteiger partial charge on any atom is -0.389 e. The standard InChI is InChI=1S/C13H24N2O2S/c1-13(2,17)10-14-5-7-15(8-6-14)12(16)11-4-3-9-18-11/h11,17H,3-10H2,1-2H3. The SMILES string of the molecule is CC(C)(O)CN1CCN(C(=O)C2CCCS2)CC1. The molecular weight excluding hydrogens is 248 g/mol. The quantitative estimate of drug-likeness (QED) is 0.825. The zero-order valence-corrected chi connectivity index (χ0v) is 12.2. The van der Waals surface area contributed by atoms with Crippen LogP contribution >= 0.6 is 11.8 Å². The first-order chi connectivity index (χ1) is 8.46. The molecule has 2 fully saturated rings. The molecule has 1 amide bonds. The number of β-amino-alcohol motifs (C(OH)–C–C–N with tert-alkyl or cyclic N) is 1. The number of hydrogen-bond acceptors (Lipinski definition) is 4. The van der Waals surface area contributed by atoms with E-state index in [1.807, 2.05) is 30.5 Å². The van der Waals surface area contributed by atoms with Crippen LogP contribution in [0.1, 0.15) is 26.7 Å². The molecule has 0 aromatic rings. The van der Waals surface area contributed by atoms with E-state index >= 15 is 0 Å². The molecular formula is C13H24N2O2S. The minimum atomic E-state index is -0.645. The molecule has 0 aromatic carbocycles. The Balaban J connectivity index is 1.77. The van der Waals surface area contributed by atoms with Crippen LogP contribution in [0.2, 0.25) is 0 Å². The Bertz CT molecular complexity index is 290. The van der Waals surface area contributed by atoms with Crippen molar-refractivity contribution in [1.29, 1.82) is 0 Å². The molecule has 0 spiro atoms. The van der Waals surface area contributed by atoms with Gasteiger partial charge < -0.3 is 10.0 Å². The van der Waals surface area contributed by atoms with Gasteiger partial charge in [-0.15, -0.1) is 11.8 Å². The average Bonchev–Trinajstić information content (AvgIpc) is 2.80. The van der Waals surface area contributed by atoms with Gasteiger partial charge in [0.25, 0.3) is 0 Å². The maximum Gasteiger partial charge on any atom is 0.235 e. The lowest BCUT2D eigenvalue weighted by atomic mass is 10.1. The zero-order chi connectivity index (χ0) is 13.2. The molecule has 0 aromatic heterocycles. The highest BCUT2D eigenvalue weighted by atomic mass is 32.2. The van der Waals surface area contributed by atoms with Gasteiger partial charge in [-0.1, -0.05) is 0 Å². The van der Waals surface area contributed by atoms with E-state index in [9.17, 15) is 9.90 Å². The predicted molar refractivity (Wildman–Crippen MR) is 74.8 cm³/mol. The normalized spacial score (nSPS) is 26.6. The fraction of sp³-hybridized carbons (Fsp3) is 0.923. The number of thioether (sulfide) groups is 1. The van der Waals surface area contributed by atoms with Gasteiger partial charge >= 0.3 is 0 Å². The Morgan fingerprint density at radius 3 is 2.50 bits per heavy atom. The number of nitrogens with zero attached hydrogens (tertiary/aromatic N) is 2. The maximum atomic E-state index is 12.2. The van der Waals surface area contributed by atoms with E-state index in [0.717, 1.165) is 38.4 Å². The lowest BCUT2D eigenvalue weighted by Gasteiger charge is -2.38. The van der Waals surface area contributed by atoms with Gasteiger partial charge in [-0.05, 0) is 32.4 Å². The molecule has 2 heterocycles. The third kappa shape index (κ3) is 3.87. The second-order valence-electron chi connectivity index (χ2n) is 5.92. The van der Waals surface area contributed by atoms with E-state index in [1.54, 1.807) is 0 Å². The second kappa shape index (κ2) is 5.80. The lowest BCUT2D eigenvalue weighted by molar-refractivity contribution is -0.132. The Hall–Kier alpha value is -0.260. The smallest absolute Gasteiger partial charge is 0.235 e. The number of piperazine rings is 1. The van der Waals surface area contributed by atoms with E-state index in [4.69, 9.17) is 0 Å². The van der Waals surface area contributed by atoms with Crippen LogP contribution in [0.5, 0.6) is 0 Å². The number of amides is 1. The topological polar surface area (TPSA) is 43.8 Å². The third-order valence-electron chi connectivity index (χ3n) is 3.50. The summed E-state index contributed by atoms with van der Waals surface area (Å²) in [4.78, 5) is 16.5. The molecule has 4 nitrogen and oxygen atoms in total. The van der Waals surface area contributed by atoms with Crippen LogP contribution in [0.3, 0.4) is 0 Å². The fourth-order valence-electron chi connectivity index (χ4n) is 2.65. The number of hydrogen-bond donors (Lipinski definition) is 1. The minimum absolute atomic E-state index is 0.214. The molecule has 2 rings (SSSR count). The summed E-state index contributed by atoms with van der Waals surface area (Å²) in [5, 5.41) is 10.0. The summed E-state index contributed by atoms with van der Waals surface area (Å²) < 4.78 is 0. The van der Waals surface area contributed by atoms with Crippen molar-refractivity contribution >= 4 is 17.7 Å². The number of aliphatic hydroxyl groups is 1. The molecule has 0 saturated carbocycles. The molecule has 1 atom stereocenters. The molecule has 2 aliphatic rings. The van der Waals surface area contributed by atoms with Crippen molar-refractivity contribution in [1.82, 2.24) is 9.80 Å². The molecule has 104 valence electrons. The number of rotatable bonds is 3. The van der Waals surface area contributed by atoms with Crippen LogP contribution < -0.4 is 0 Å². The van der Waals surface area contributed by atoms with Crippen LogP contribution in [0, 0.1) is 0 Å². The Kier molecular flexibility index (Phi) is 4.56. The highest BCUT2D eigenvalue weighted by molar-refractivity contribution is 8.00. The highest BCUT2D eigenvalue weighted by Crippen LogP contribution is 2.28. The van der Waals surface area contributed by atoms with E-state index < -0.39 is 5.60 Å². The second-order valence-corrected chi connectivity index (χ2v) is 7.23. The van der Waals surface area contributed by atoms with E-state index in [-0.39, 0.29) is 5.25 Å². The van der Waals surface area contributed by atoms with Crippen molar-refractivity contribution < 1.29 is 9.90 Å². The van der Waals surface area contributed by atoms with Gasteiger partial charge in [0, 0.05) is 32.7 Å². The largest absolute Gasteiger partial charge is 0.389 e. The van der Waals surface area contributed by atoms with Crippen LogP contribution in [0.4, 0.5) is 0 Å². The Labute approximate surface area is 114 Å². The van der Waals surface area contributed by atoms with Crippen molar-refractivity contribution in [3.8, 4) is 0 Å².